The quantitative estimate of drug-likeness (QED) is 0.837. The number of carboxylic acids is 1. The van der Waals surface area contributed by atoms with Gasteiger partial charge in [0.2, 0.25) is 0 Å². The molecule has 0 aromatic heterocycles. The molecule has 21 heavy (non-hydrogen) atoms. The van der Waals surface area contributed by atoms with Gasteiger partial charge in [-0.25, -0.2) is 0 Å². The second kappa shape index (κ2) is 7.07. The molecule has 2 aliphatic heterocycles. The van der Waals surface area contributed by atoms with Crippen LogP contribution in [0.1, 0.15) is 40.0 Å². The van der Waals surface area contributed by atoms with E-state index in [1.54, 1.807) is 0 Å². The Morgan fingerprint density at radius 3 is 2.52 bits per heavy atom. The molecule has 2 aliphatic rings. The van der Waals surface area contributed by atoms with E-state index in [-0.39, 0.29) is 6.10 Å². The molecule has 5 heteroatoms. The van der Waals surface area contributed by atoms with E-state index in [1.165, 1.54) is 0 Å². The normalized spacial score (nSPS) is 27.9. The summed E-state index contributed by atoms with van der Waals surface area (Å²) in [6, 6.07) is 0.567. The Bertz CT molecular complexity index is 351. The third-order valence-corrected chi connectivity index (χ3v) is 5.31. The zero-order valence-corrected chi connectivity index (χ0v) is 13.7. The number of aliphatic carboxylic acids is 1. The lowest BCUT2D eigenvalue weighted by Gasteiger charge is -2.41. The first kappa shape index (κ1) is 16.7. The number of nitrogens with zero attached hydrogens (tertiary/aromatic N) is 2. The van der Waals surface area contributed by atoms with E-state index < -0.39 is 11.4 Å². The molecule has 2 heterocycles. The maximum absolute atomic E-state index is 11.5. The molecule has 0 aliphatic carbocycles. The Kier molecular flexibility index (Phi) is 5.63. The summed E-state index contributed by atoms with van der Waals surface area (Å²) in [7, 11) is 0. The Morgan fingerprint density at radius 1 is 1.33 bits per heavy atom. The standard InChI is InChI=1S/C16H30N2O3/c1-4-16(15(19)20)5-7-17(8-6-16)11-14-12-18(13(2)3)9-10-21-14/h13-14H,4-12H2,1-3H3,(H,19,20). The number of hydrogen-bond donors (Lipinski definition) is 1. The molecule has 2 saturated heterocycles. The molecule has 0 spiro atoms. The predicted molar refractivity (Wildman–Crippen MR) is 82.5 cm³/mol. The van der Waals surface area contributed by atoms with Crippen LogP contribution in [0.3, 0.4) is 0 Å². The predicted octanol–water partition coefficient (Wildman–Crippen LogP) is 1.67. The highest BCUT2D eigenvalue weighted by Gasteiger charge is 2.40. The SMILES string of the molecule is CCC1(C(=O)O)CCN(CC2CN(C(C)C)CCO2)CC1. The van der Waals surface area contributed by atoms with Gasteiger partial charge in [0.15, 0.2) is 0 Å². The van der Waals surface area contributed by atoms with Crippen LogP contribution < -0.4 is 0 Å². The zero-order chi connectivity index (χ0) is 15.5. The van der Waals surface area contributed by atoms with Crippen LogP contribution in [0, 0.1) is 5.41 Å². The van der Waals surface area contributed by atoms with Crippen LogP contribution in [0.25, 0.3) is 0 Å². The number of ether oxygens (including phenoxy) is 1. The molecule has 0 bridgehead atoms. The summed E-state index contributed by atoms with van der Waals surface area (Å²) in [4.78, 5) is 16.3. The highest BCUT2D eigenvalue weighted by atomic mass is 16.5. The molecule has 1 unspecified atom stereocenters. The van der Waals surface area contributed by atoms with E-state index in [2.05, 4.69) is 23.6 Å². The van der Waals surface area contributed by atoms with Crippen molar-refractivity contribution in [2.24, 2.45) is 5.41 Å². The van der Waals surface area contributed by atoms with Crippen molar-refractivity contribution in [3.05, 3.63) is 0 Å². The van der Waals surface area contributed by atoms with Gasteiger partial charge in [0, 0.05) is 25.7 Å². The number of morpholine rings is 1. The summed E-state index contributed by atoms with van der Waals surface area (Å²) in [5.74, 6) is -0.621. The molecule has 1 N–H and O–H groups in total. The first-order valence-electron chi connectivity index (χ1n) is 8.28. The molecule has 1 atom stereocenters. The van der Waals surface area contributed by atoms with Gasteiger partial charge < -0.3 is 14.7 Å². The molecular weight excluding hydrogens is 268 g/mol. The van der Waals surface area contributed by atoms with Crippen LogP contribution in [0.2, 0.25) is 0 Å². The lowest BCUT2D eigenvalue weighted by Crippen LogP contribution is -2.52. The van der Waals surface area contributed by atoms with Crippen molar-refractivity contribution in [1.82, 2.24) is 9.80 Å². The summed E-state index contributed by atoms with van der Waals surface area (Å²) >= 11 is 0. The van der Waals surface area contributed by atoms with Crippen LogP contribution in [-0.2, 0) is 9.53 Å². The summed E-state index contributed by atoms with van der Waals surface area (Å²) in [5, 5.41) is 9.44. The van der Waals surface area contributed by atoms with Crippen molar-refractivity contribution in [3.63, 3.8) is 0 Å². The first-order valence-corrected chi connectivity index (χ1v) is 8.28. The van der Waals surface area contributed by atoms with E-state index in [1.807, 2.05) is 6.92 Å². The molecule has 122 valence electrons. The van der Waals surface area contributed by atoms with Crippen molar-refractivity contribution in [3.8, 4) is 0 Å². The van der Waals surface area contributed by atoms with Crippen LogP contribution in [0.15, 0.2) is 0 Å². The fourth-order valence-electron chi connectivity index (χ4n) is 3.49. The number of rotatable bonds is 5. The third kappa shape index (κ3) is 3.96. The van der Waals surface area contributed by atoms with Gasteiger partial charge in [0.05, 0.1) is 18.1 Å². The average molecular weight is 298 g/mol. The molecule has 0 radical (unpaired) electrons. The van der Waals surface area contributed by atoms with Crippen molar-refractivity contribution in [2.75, 3.05) is 39.3 Å². The highest BCUT2D eigenvalue weighted by molar-refractivity contribution is 5.74. The van der Waals surface area contributed by atoms with Crippen molar-refractivity contribution < 1.29 is 14.6 Å². The van der Waals surface area contributed by atoms with E-state index in [0.29, 0.717) is 6.04 Å². The molecule has 0 saturated carbocycles. The van der Waals surface area contributed by atoms with E-state index in [0.717, 1.165) is 58.6 Å². The number of likely N-dealkylation sites (tertiary alicyclic amines) is 1. The minimum absolute atomic E-state index is 0.264. The summed E-state index contributed by atoms with van der Waals surface area (Å²) in [5.41, 5.74) is -0.492. The van der Waals surface area contributed by atoms with Gasteiger partial charge in [-0.1, -0.05) is 6.92 Å². The molecule has 5 nitrogen and oxygen atoms in total. The monoisotopic (exact) mass is 298 g/mol. The molecular formula is C16H30N2O3. The number of carbonyl (C=O) groups is 1. The average Bonchev–Trinajstić information content (AvgIpc) is 2.48. The van der Waals surface area contributed by atoms with Crippen molar-refractivity contribution >= 4 is 5.97 Å². The molecule has 0 aromatic carbocycles. The number of piperidine rings is 1. The van der Waals surface area contributed by atoms with Gasteiger partial charge in [-0.05, 0) is 46.2 Å². The maximum Gasteiger partial charge on any atom is 0.309 e. The Hall–Kier alpha value is -0.650. The van der Waals surface area contributed by atoms with Gasteiger partial charge in [-0.15, -0.1) is 0 Å². The zero-order valence-electron chi connectivity index (χ0n) is 13.7. The fraction of sp³-hybridized carbons (Fsp3) is 0.938. The van der Waals surface area contributed by atoms with Gasteiger partial charge in [-0.2, -0.15) is 0 Å². The highest BCUT2D eigenvalue weighted by Crippen LogP contribution is 2.35. The summed E-state index contributed by atoms with van der Waals surface area (Å²) in [6.45, 7) is 12.0. The number of carboxylic acid groups (broad SMARTS) is 1. The van der Waals surface area contributed by atoms with Crippen LogP contribution in [0.5, 0.6) is 0 Å². The molecule has 0 aromatic rings. The molecule has 0 amide bonds. The summed E-state index contributed by atoms with van der Waals surface area (Å²) < 4.78 is 5.89. The van der Waals surface area contributed by atoms with Crippen molar-refractivity contribution in [1.29, 1.82) is 0 Å². The van der Waals surface area contributed by atoms with E-state index >= 15 is 0 Å². The van der Waals surface area contributed by atoms with Gasteiger partial charge in [0.1, 0.15) is 0 Å². The van der Waals surface area contributed by atoms with Gasteiger partial charge >= 0.3 is 5.97 Å². The van der Waals surface area contributed by atoms with Crippen molar-refractivity contribution in [2.45, 2.75) is 52.2 Å². The fourth-order valence-corrected chi connectivity index (χ4v) is 3.49. The smallest absolute Gasteiger partial charge is 0.309 e. The van der Waals surface area contributed by atoms with Crippen LogP contribution in [0.4, 0.5) is 0 Å². The number of hydrogen-bond acceptors (Lipinski definition) is 4. The van der Waals surface area contributed by atoms with E-state index in [4.69, 9.17) is 4.74 Å². The molecule has 2 rings (SSSR count). The Labute approximate surface area is 128 Å². The minimum atomic E-state index is -0.621. The maximum atomic E-state index is 11.5. The Balaban J connectivity index is 1.82. The minimum Gasteiger partial charge on any atom is -0.481 e. The Morgan fingerprint density at radius 2 is 2.00 bits per heavy atom. The van der Waals surface area contributed by atoms with Gasteiger partial charge in [0.25, 0.3) is 0 Å². The summed E-state index contributed by atoms with van der Waals surface area (Å²) in [6.07, 6.45) is 2.52. The topological polar surface area (TPSA) is 53.0 Å². The van der Waals surface area contributed by atoms with Crippen LogP contribution >= 0.6 is 0 Å². The lowest BCUT2D eigenvalue weighted by molar-refractivity contribution is -0.152. The second-order valence-corrected chi connectivity index (χ2v) is 6.82. The first-order chi connectivity index (χ1) is 9.97. The van der Waals surface area contributed by atoms with Gasteiger partial charge in [-0.3, -0.25) is 9.69 Å². The van der Waals surface area contributed by atoms with Crippen LogP contribution in [-0.4, -0.2) is 72.4 Å². The third-order valence-electron chi connectivity index (χ3n) is 5.31. The lowest BCUT2D eigenvalue weighted by atomic mass is 9.76. The molecule has 2 fully saturated rings. The second-order valence-electron chi connectivity index (χ2n) is 6.82. The van der Waals surface area contributed by atoms with E-state index in [9.17, 15) is 9.90 Å². The largest absolute Gasteiger partial charge is 0.481 e.